The average molecular weight is 536 g/mol. The number of hydrogen-bond donors (Lipinski definition) is 1. The first-order valence-corrected chi connectivity index (χ1v) is 13.1. The molecule has 3 atom stereocenters. The van der Waals surface area contributed by atoms with E-state index in [9.17, 15) is 18.7 Å². The molecule has 3 aromatic carbocycles. The van der Waals surface area contributed by atoms with Crippen LogP contribution in [0.25, 0.3) is 5.57 Å². The number of hydrogen-bond acceptors (Lipinski definition) is 3. The van der Waals surface area contributed by atoms with Gasteiger partial charge in [0.25, 0.3) is 0 Å². The van der Waals surface area contributed by atoms with Crippen molar-refractivity contribution in [1.29, 1.82) is 0 Å². The van der Waals surface area contributed by atoms with Crippen LogP contribution in [0.1, 0.15) is 24.0 Å². The summed E-state index contributed by atoms with van der Waals surface area (Å²) in [6.45, 7) is 0.312. The molecular formula is C31H32F3N3O2. The Morgan fingerprint density at radius 1 is 1.05 bits per heavy atom. The van der Waals surface area contributed by atoms with Crippen molar-refractivity contribution in [3.8, 4) is 0 Å². The van der Waals surface area contributed by atoms with Gasteiger partial charge in [-0.3, -0.25) is 0 Å². The van der Waals surface area contributed by atoms with Gasteiger partial charge in [-0.2, -0.15) is 0 Å². The molecule has 0 radical (unpaired) electrons. The number of urea groups is 1. The Bertz CT molecular complexity index is 1340. The molecule has 1 saturated heterocycles. The first-order valence-electron chi connectivity index (χ1n) is 13.1. The van der Waals surface area contributed by atoms with Crippen molar-refractivity contribution in [3.63, 3.8) is 0 Å². The van der Waals surface area contributed by atoms with E-state index in [1.807, 2.05) is 41.3 Å². The molecule has 1 fully saturated rings. The molecule has 0 saturated carbocycles. The van der Waals surface area contributed by atoms with Crippen molar-refractivity contribution >= 4 is 17.3 Å². The van der Waals surface area contributed by atoms with Crippen molar-refractivity contribution < 1.29 is 23.1 Å². The summed E-state index contributed by atoms with van der Waals surface area (Å²) in [6, 6.07) is 21.0. The zero-order valence-electron chi connectivity index (χ0n) is 21.8. The molecule has 39 heavy (non-hydrogen) atoms. The van der Waals surface area contributed by atoms with Crippen LogP contribution in [0.5, 0.6) is 0 Å². The molecule has 204 valence electrons. The lowest BCUT2D eigenvalue weighted by Crippen LogP contribution is -2.54. The minimum Gasteiger partial charge on any atom is -0.393 e. The molecule has 0 spiro atoms. The minimum atomic E-state index is -1.30. The maximum absolute atomic E-state index is 15.2. The number of para-hydroxylation sites is 1. The molecule has 0 aliphatic carbocycles. The van der Waals surface area contributed by atoms with Crippen molar-refractivity contribution in [1.82, 2.24) is 9.80 Å². The van der Waals surface area contributed by atoms with Gasteiger partial charge in [-0.1, -0.05) is 48.5 Å². The third-order valence-electron chi connectivity index (χ3n) is 7.89. The maximum Gasteiger partial charge on any atom is 0.321 e. The second-order valence-electron chi connectivity index (χ2n) is 10.3. The molecule has 0 bridgehead atoms. The van der Waals surface area contributed by atoms with Gasteiger partial charge in [0.05, 0.1) is 6.61 Å². The quantitative estimate of drug-likeness (QED) is 0.462. The van der Waals surface area contributed by atoms with Gasteiger partial charge in [0.2, 0.25) is 0 Å². The highest BCUT2D eigenvalue weighted by Crippen LogP contribution is 2.41. The number of alkyl halides is 1. The van der Waals surface area contributed by atoms with Crippen molar-refractivity contribution in [3.05, 3.63) is 108 Å². The Balaban J connectivity index is 1.45. The van der Waals surface area contributed by atoms with Crippen LogP contribution in [0.2, 0.25) is 0 Å². The zero-order valence-corrected chi connectivity index (χ0v) is 21.8. The van der Waals surface area contributed by atoms with E-state index in [1.165, 1.54) is 9.80 Å². The number of anilines is 1. The molecule has 5 rings (SSSR count). The fourth-order valence-electron chi connectivity index (χ4n) is 5.75. The lowest BCUT2D eigenvalue weighted by Gasteiger charge is -2.41. The fraction of sp³-hybridized carbons (Fsp3) is 0.323. The van der Waals surface area contributed by atoms with Gasteiger partial charge in [0.15, 0.2) is 0 Å². The van der Waals surface area contributed by atoms with Gasteiger partial charge >= 0.3 is 6.03 Å². The molecule has 2 heterocycles. The van der Waals surface area contributed by atoms with Gasteiger partial charge in [-0.05, 0) is 54.0 Å². The summed E-state index contributed by atoms with van der Waals surface area (Å²) >= 11 is 0. The molecular weight excluding hydrogens is 503 g/mol. The number of amides is 2. The number of carbonyl (C=O) groups is 1. The van der Waals surface area contributed by atoms with Gasteiger partial charge in [-0.25, -0.2) is 18.0 Å². The van der Waals surface area contributed by atoms with E-state index < -0.39 is 36.0 Å². The molecule has 2 aliphatic heterocycles. The molecule has 2 amide bonds. The SMILES string of the molecule is CN(C(=O)N1CC(c2cc(F)ccc2F)=C[C@@]1(CO)c1ccccc1)C1CCN(c2ccccc2)CC(F)C1. The topological polar surface area (TPSA) is 47.0 Å². The fourth-order valence-corrected chi connectivity index (χ4v) is 5.75. The van der Waals surface area contributed by atoms with E-state index >= 15 is 4.39 Å². The van der Waals surface area contributed by atoms with Crippen LogP contribution in [0.4, 0.5) is 23.7 Å². The largest absolute Gasteiger partial charge is 0.393 e. The highest BCUT2D eigenvalue weighted by molar-refractivity contribution is 5.83. The second kappa shape index (κ2) is 11.1. The molecule has 0 aromatic heterocycles. The Labute approximate surface area is 226 Å². The smallest absolute Gasteiger partial charge is 0.321 e. The summed E-state index contributed by atoms with van der Waals surface area (Å²) in [5.41, 5.74) is 0.713. The third kappa shape index (κ3) is 5.26. The maximum atomic E-state index is 15.2. The number of nitrogens with zero attached hydrogens (tertiary/aromatic N) is 3. The number of halogens is 3. The van der Waals surface area contributed by atoms with Crippen LogP contribution in [0, 0.1) is 11.6 Å². The number of aliphatic hydroxyl groups is 1. The molecule has 2 unspecified atom stereocenters. The lowest BCUT2D eigenvalue weighted by molar-refractivity contribution is 0.0758. The third-order valence-corrected chi connectivity index (χ3v) is 7.89. The van der Waals surface area contributed by atoms with Crippen molar-refractivity contribution in [2.45, 2.75) is 30.6 Å². The van der Waals surface area contributed by atoms with Crippen molar-refractivity contribution in [2.75, 3.05) is 38.2 Å². The van der Waals surface area contributed by atoms with Gasteiger partial charge in [0, 0.05) is 50.4 Å². The predicted molar refractivity (Wildman–Crippen MR) is 146 cm³/mol. The van der Waals surface area contributed by atoms with Gasteiger partial charge < -0.3 is 19.8 Å². The highest BCUT2D eigenvalue weighted by atomic mass is 19.1. The predicted octanol–water partition coefficient (Wildman–Crippen LogP) is 5.61. The molecule has 1 N–H and O–H groups in total. The normalized spacial score (nSPS) is 23.4. The Morgan fingerprint density at radius 3 is 2.44 bits per heavy atom. The minimum absolute atomic E-state index is 0.0403. The van der Waals surface area contributed by atoms with E-state index in [4.69, 9.17) is 0 Å². The standard InChI is InChI=1S/C31H32F3N3O2/c1-35(27-14-15-36(20-25(33)16-27)26-10-6-3-7-11-26)30(39)37-19-22(28-17-24(32)12-13-29(28)34)18-31(37,21-38)23-8-4-2-5-9-23/h2-13,17-18,25,27,38H,14-16,19-21H2,1H3/t25?,27?,31-/m1/s1. The van der Waals surface area contributed by atoms with Crippen LogP contribution in [0.15, 0.2) is 84.9 Å². The number of benzene rings is 3. The van der Waals surface area contributed by atoms with Crippen molar-refractivity contribution in [2.24, 2.45) is 0 Å². The average Bonchev–Trinajstić information content (AvgIpc) is 3.25. The summed E-state index contributed by atoms with van der Waals surface area (Å²) in [7, 11) is 1.64. The van der Waals surface area contributed by atoms with E-state index in [0.29, 0.717) is 24.1 Å². The summed E-state index contributed by atoms with van der Waals surface area (Å²) in [5, 5.41) is 10.7. The summed E-state index contributed by atoms with van der Waals surface area (Å²) in [5.74, 6) is -1.21. The first-order chi connectivity index (χ1) is 18.8. The molecule has 3 aromatic rings. The van der Waals surface area contributed by atoms with E-state index in [2.05, 4.69) is 0 Å². The van der Waals surface area contributed by atoms with Crippen LogP contribution < -0.4 is 4.90 Å². The van der Waals surface area contributed by atoms with Crippen LogP contribution in [-0.4, -0.2) is 66.4 Å². The molecule has 2 aliphatic rings. The highest BCUT2D eigenvalue weighted by Gasteiger charge is 2.46. The van der Waals surface area contributed by atoms with Crippen LogP contribution in [-0.2, 0) is 5.54 Å². The van der Waals surface area contributed by atoms with Crippen LogP contribution >= 0.6 is 0 Å². The number of aliphatic hydroxyl groups excluding tert-OH is 1. The Kier molecular flexibility index (Phi) is 7.66. The second-order valence-corrected chi connectivity index (χ2v) is 10.3. The van der Waals surface area contributed by atoms with E-state index in [1.54, 1.807) is 37.4 Å². The number of carbonyl (C=O) groups excluding carboxylic acids is 1. The van der Waals surface area contributed by atoms with E-state index in [0.717, 1.165) is 23.9 Å². The number of rotatable bonds is 5. The van der Waals surface area contributed by atoms with Gasteiger partial charge in [-0.15, -0.1) is 0 Å². The lowest BCUT2D eigenvalue weighted by atomic mass is 9.89. The first kappa shape index (κ1) is 26.8. The van der Waals surface area contributed by atoms with Gasteiger partial charge in [0.1, 0.15) is 23.3 Å². The van der Waals surface area contributed by atoms with E-state index in [-0.39, 0.29) is 31.1 Å². The van der Waals surface area contributed by atoms with Crippen LogP contribution in [0.3, 0.4) is 0 Å². The molecule has 8 heteroatoms. The monoisotopic (exact) mass is 535 g/mol. The molecule has 5 nitrogen and oxygen atoms in total. The zero-order chi connectivity index (χ0) is 27.6. The Hall–Kier alpha value is -3.78. The summed E-state index contributed by atoms with van der Waals surface area (Å²) in [6.07, 6.45) is 1.24. The summed E-state index contributed by atoms with van der Waals surface area (Å²) in [4.78, 5) is 19.1. The summed E-state index contributed by atoms with van der Waals surface area (Å²) < 4.78 is 44.0. The Morgan fingerprint density at radius 2 is 1.74 bits per heavy atom.